The number of carbonyl (C=O) groups excluding carboxylic acids is 1. The lowest BCUT2D eigenvalue weighted by Gasteiger charge is -2.30. The number of ether oxygens (including phenoxy) is 1. The molecule has 1 aromatic carbocycles. The van der Waals surface area contributed by atoms with Crippen molar-refractivity contribution in [1.82, 2.24) is 10.2 Å². The van der Waals surface area contributed by atoms with E-state index in [0.717, 1.165) is 31.7 Å². The molecule has 21 heavy (non-hydrogen) atoms. The van der Waals surface area contributed by atoms with Gasteiger partial charge < -0.3 is 15.2 Å². The third-order valence-corrected chi connectivity index (χ3v) is 3.77. The molecule has 1 heterocycles. The topological polar surface area (TPSA) is 61.8 Å². The van der Waals surface area contributed by atoms with E-state index in [4.69, 9.17) is 9.84 Å². The Morgan fingerprint density at radius 1 is 1.29 bits per heavy atom. The predicted octanol–water partition coefficient (Wildman–Crippen LogP) is 0.886. The summed E-state index contributed by atoms with van der Waals surface area (Å²) in [6.45, 7) is 3.46. The SMILES string of the molecule is O=C(CN1CCC(CO)CC1)NCCOc1ccccc1. The van der Waals surface area contributed by atoms with Crippen LogP contribution < -0.4 is 10.1 Å². The van der Waals surface area contributed by atoms with Crippen LogP contribution >= 0.6 is 0 Å². The standard InChI is InChI=1S/C16H24N2O3/c19-13-14-6-9-18(10-7-14)12-16(20)17-8-11-21-15-4-2-1-3-5-15/h1-5,14,19H,6-13H2,(H,17,20). The minimum absolute atomic E-state index is 0.0362. The van der Waals surface area contributed by atoms with Gasteiger partial charge in [0.2, 0.25) is 5.91 Å². The Bertz CT molecular complexity index is 417. The molecule has 1 aliphatic heterocycles. The molecule has 116 valence electrons. The van der Waals surface area contributed by atoms with E-state index in [1.165, 1.54) is 0 Å². The van der Waals surface area contributed by atoms with Gasteiger partial charge in [-0.1, -0.05) is 18.2 Å². The highest BCUT2D eigenvalue weighted by Crippen LogP contribution is 2.15. The molecule has 0 atom stereocenters. The van der Waals surface area contributed by atoms with Crippen LogP contribution in [-0.2, 0) is 4.79 Å². The minimum atomic E-state index is 0.0362. The number of likely N-dealkylation sites (tertiary alicyclic amines) is 1. The molecule has 1 aliphatic rings. The molecule has 0 unspecified atom stereocenters. The summed E-state index contributed by atoms with van der Waals surface area (Å²) in [4.78, 5) is 14.0. The highest BCUT2D eigenvalue weighted by Gasteiger charge is 2.19. The molecule has 0 radical (unpaired) electrons. The monoisotopic (exact) mass is 292 g/mol. The molecule has 0 spiro atoms. The predicted molar refractivity (Wildman–Crippen MR) is 81.2 cm³/mol. The van der Waals surface area contributed by atoms with Gasteiger partial charge in [0, 0.05) is 6.61 Å². The first-order valence-electron chi connectivity index (χ1n) is 7.55. The lowest BCUT2D eigenvalue weighted by atomic mass is 9.98. The number of nitrogens with zero attached hydrogens (tertiary/aromatic N) is 1. The molecule has 0 aromatic heterocycles. The van der Waals surface area contributed by atoms with Gasteiger partial charge in [0.15, 0.2) is 0 Å². The number of nitrogens with one attached hydrogen (secondary N) is 1. The van der Waals surface area contributed by atoms with Gasteiger partial charge in [0.25, 0.3) is 0 Å². The normalized spacial score (nSPS) is 16.6. The average Bonchev–Trinajstić information content (AvgIpc) is 2.53. The molecule has 0 aliphatic carbocycles. The highest BCUT2D eigenvalue weighted by atomic mass is 16.5. The Labute approximate surface area is 125 Å². The van der Waals surface area contributed by atoms with Crippen molar-refractivity contribution in [3.05, 3.63) is 30.3 Å². The van der Waals surface area contributed by atoms with Crippen molar-refractivity contribution in [2.24, 2.45) is 5.92 Å². The third-order valence-electron chi connectivity index (χ3n) is 3.77. The van der Waals surface area contributed by atoms with Crippen LogP contribution in [0, 0.1) is 5.92 Å². The maximum atomic E-state index is 11.8. The molecule has 0 saturated carbocycles. The quantitative estimate of drug-likeness (QED) is 0.733. The smallest absolute Gasteiger partial charge is 0.234 e. The number of hydrogen-bond acceptors (Lipinski definition) is 4. The van der Waals surface area contributed by atoms with E-state index in [9.17, 15) is 4.79 Å². The lowest BCUT2D eigenvalue weighted by molar-refractivity contribution is -0.122. The second-order valence-corrected chi connectivity index (χ2v) is 5.41. The molecular formula is C16H24N2O3. The van der Waals surface area contributed by atoms with Gasteiger partial charge >= 0.3 is 0 Å². The zero-order chi connectivity index (χ0) is 14.9. The summed E-state index contributed by atoms with van der Waals surface area (Å²) in [5.74, 6) is 1.26. The number of piperidine rings is 1. The molecule has 1 aromatic rings. The van der Waals surface area contributed by atoms with Gasteiger partial charge in [-0.15, -0.1) is 0 Å². The van der Waals surface area contributed by atoms with E-state index in [1.54, 1.807) is 0 Å². The fourth-order valence-electron chi connectivity index (χ4n) is 2.46. The second-order valence-electron chi connectivity index (χ2n) is 5.41. The second kappa shape index (κ2) is 8.64. The van der Waals surface area contributed by atoms with Crippen molar-refractivity contribution in [1.29, 1.82) is 0 Å². The molecule has 5 nitrogen and oxygen atoms in total. The lowest BCUT2D eigenvalue weighted by Crippen LogP contribution is -2.42. The Hall–Kier alpha value is -1.59. The molecule has 2 N–H and O–H groups in total. The first-order chi connectivity index (χ1) is 10.3. The fourth-order valence-corrected chi connectivity index (χ4v) is 2.46. The van der Waals surface area contributed by atoms with E-state index in [0.29, 0.717) is 25.6 Å². The zero-order valence-electron chi connectivity index (χ0n) is 12.3. The third kappa shape index (κ3) is 5.73. The number of para-hydroxylation sites is 1. The molecule has 1 saturated heterocycles. The van der Waals surface area contributed by atoms with E-state index in [-0.39, 0.29) is 12.5 Å². The number of hydrogen-bond donors (Lipinski definition) is 2. The number of benzene rings is 1. The van der Waals surface area contributed by atoms with Crippen molar-refractivity contribution in [3.63, 3.8) is 0 Å². The summed E-state index contributed by atoms with van der Waals surface area (Å²) in [6.07, 6.45) is 1.95. The largest absolute Gasteiger partial charge is 0.492 e. The van der Waals surface area contributed by atoms with E-state index in [2.05, 4.69) is 10.2 Å². The van der Waals surface area contributed by atoms with Crippen LogP contribution in [-0.4, -0.2) is 55.3 Å². The average molecular weight is 292 g/mol. The molecule has 5 heteroatoms. The summed E-state index contributed by atoms with van der Waals surface area (Å²) >= 11 is 0. The van der Waals surface area contributed by atoms with Crippen molar-refractivity contribution in [2.75, 3.05) is 39.4 Å². The zero-order valence-corrected chi connectivity index (χ0v) is 12.3. The summed E-state index contributed by atoms with van der Waals surface area (Å²) < 4.78 is 5.52. The van der Waals surface area contributed by atoms with Gasteiger partial charge in [-0.3, -0.25) is 9.69 Å². The summed E-state index contributed by atoms with van der Waals surface area (Å²) in [5.41, 5.74) is 0. The van der Waals surface area contributed by atoms with Crippen LogP contribution in [0.4, 0.5) is 0 Å². The van der Waals surface area contributed by atoms with Crippen LogP contribution in [0.1, 0.15) is 12.8 Å². The van der Waals surface area contributed by atoms with Gasteiger partial charge in [0.1, 0.15) is 12.4 Å². The maximum Gasteiger partial charge on any atom is 0.234 e. The maximum absolute atomic E-state index is 11.8. The number of aliphatic hydroxyl groups is 1. The Morgan fingerprint density at radius 2 is 2.00 bits per heavy atom. The highest BCUT2D eigenvalue weighted by molar-refractivity contribution is 5.77. The number of aliphatic hydroxyl groups excluding tert-OH is 1. The van der Waals surface area contributed by atoms with Crippen LogP contribution in [0.25, 0.3) is 0 Å². The van der Waals surface area contributed by atoms with Crippen LogP contribution in [0.5, 0.6) is 5.75 Å². The van der Waals surface area contributed by atoms with Gasteiger partial charge in [0.05, 0.1) is 13.1 Å². The Kier molecular flexibility index (Phi) is 6.50. The summed E-state index contributed by atoms with van der Waals surface area (Å²) in [6, 6.07) is 9.57. The van der Waals surface area contributed by atoms with Gasteiger partial charge in [-0.05, 0) is 44.0 Å². The number of amides is 1. The number of carbonyl (C=O) groups is 1. The van der Waals surface area contributed by atoms with Crippen LogP contribution in [0.2, 0.25) is 0 Å². The molecule has 1 amide bonds. The van der Waals surface area contributed by atoms with Crippen molar-refractivity contribution < 1.29 is 14.6 Å². The van der Waals surface area contributed by atoms with Crippen molar-refractivity contribution in [2.45, 2.75) is 12.8 Å². The number of rotatable bonds is 7. The summed E-state index contributed by atoms with van der Waals surface area (Å²) in [5, 5.41) is 12.0. The van der Waals surface area contributed by atoms with E-state index >= 15 is 0 Å². The molecule has 2 rings (SSSR count). The Balaban J connectivity index is 1.56. The Morgan fingerprint density at radius 3 is 2.67 bits per heavy atom. The summed E-state index contributed by atoms with van der Waals surface area (Å²) in [7, 11) is 0. The van der Waals surface area contributed by atoms with Crippen molar-refractivity contribution in [3.8, 4) is 5.75 Å². The molecular weight excluding hydrogens is 268 g/mol. The first-order valence-corrected chi connectivity index (χ1v) is 7.55. The van der Waals surface area contributed by atoms with Gasteiger partial charge in [-0.25, -0.2) is 0 Å². The van der Waals surface area contributed by atoms with E-state index in [1.807, 2.05) is 30.3 Å². The molecule has 1 fully saturated rings. The first kappa shape index (κ1) is 15.8. The fraction of sp³-hybridized carbons (Fsp3) is 0.562. The van der Waals surface area contributed by atoms with E-state index < -0.39 is 0 Å². The minimum Gasteiger partial charge on any atom is -0.492 e. The van der Waals surface area contributed by atoms with Gasteiger partial charge in [-0.2, -0.15) is 0 Å². The van der Waals surface area contributed by atoms with Crippen LogP contribution in [0.3, 0.4) is 0 Å². The molecule has 0 bridgehead atoms. The van der Waals surface area contributed by atoms with Crippen molar-refractivity contribution >= 4 is 5.91 Å². The van der Waals surface area contributed by atoms with Crippen LogP contribution in [0.15, 0.2) is 30.3 Å².